The summed E-state index contributed by atoms with van der Waals surface area (Å²) < 4.78 is 10.1. The normalized spacial score (nSPS) is 10.4. The molecule has 7 nitrogen and oxygen atoms in total. The largest absolute Gasteiger partial charge is 0.421 e. The first-order chi connectivity index (χ1) is 11.9. The molecule has 0 amide bonds. The van der Waals surface area contributed by atoms with Gasteiger partial charge in [-0.1, -0.05) is 29.3 Å². The van der Waals surface area contributed by atoms with Crippen molar-refractivity contribution in [3.05, 3.63) is 62.1 Å². The summed E-state index contributed by atoms with van der Waals surface area (Å²) in [6, 6.07) is 8.58. The number of ether oxygens (including phenoxy) is 2. The second-order valence-electron chi connectivity index (χ2n) is 4.85. The second kappa shape index (κ2) is 8.66. The van der Waals surface area contributed by atoms with Crippen molar-refractivity contribution in [2.45, 2.75) is 0 Å². The van der Waals surface area contributed by atoms with Crippen molar-refractivity contribution < 1.29 is 19.2 Å². The van der Waals surface area contributed by atoms with E-state index in [-0.39, 0.29) is 32.7 Å². The number of nitro groups is 1. The fourth-order valence-electron chi connectivity index (χ4n) is 1.97. The molecule has 2 rings (SSSR count). The molecule has 2 aromatic carbocycles. The second-order valence-corrected chi connectivity index (χ2v) is 5.64. The minimum atomic E-state index is -0.782. The van der Waals surface area contributed by atoms with Gasteiger partial charge in [-0.05, 0) is 24.3 Å². The van der Waals surface area contributed by atoms with Crippen LogP contribution < -0.4 is 10.1 Å². The van der Waals surface area contributed by atoms with Crippen LogP contribution in [0.4, 0.5) is 11.4 Å². The van der Waals surface area contributed by atoms with E-state index in [1.165, 1.54) is 25.3 Å². The summed E-state index contributed by atoms with van der Waals surface area (Å²) in [5.74, 6) is -0.708. The number of methoxy groups -OCH3 is 1. The van der Waals surface area contributed by atoms with Gasteiger partial charge in [0.2, 0.25) is 0 Å². The summed E-state index contributed by atoms with van der Waals surface area (Å²) in [6.45, 7) is 0.771. The third kappa shape index (κ3) is 4.82. The van der Waals surface area contributed by atoms with Crippen molar-refractivity contribution in [1.29, 1.82) is 0 Å². The lowest BCUT2D eigenvalue weighted by Gasteiger charge is -2.09. The number of nitrogens with zero attached hydrogens (tertiary/aromatic N) is 1. The number of carbonyl (C=O) groups excluding carboxylic acids is 1. The Hall–Kier alpha value is -2.35. The van der Waals surface area contributed by atoms with Crippen LogP contribution in [0.3, 0.4) is 0 Å². The first-order valence-corrected chi connectivity index (χ1v) is 7.87. The third-order valence-electron chi connectivity index (χ3n) is 3.17. The Morgan fingerprint density at radius 2 is 2.04 bits per heavy atom. The zero-order valence-electron chi connectivity index (χ0n) is 13.1. The Morgan fingerprint density at radius 3 is 2.72 bits per heavy atom. The molecule has 132 valence electrons. The van der Waals surface area contributed by atoms with E-state index in [4.69, 9.17) is 32.7 Å². The summed E-state index contributed by atoms with van der Waals surface area (Å²) in [7, 11) is 1.52. The molecule has 9 heteroatoms. The highest BCUT2D eigenvalue weighted by Gasteiger charge is 2.19. The number of nitro benzene ring substituents is 1. The average Bonchev–Trinajstić information content (AvgIpc) is 2.59. The molecule has 0 radical (unpaired) electrons. The van der Waals surface area contributed by atoms with E-state index < -0.39 is 10.9 Å². The maximum atomic E-state index is 12.2. The van der Waals surface area contributed by atoms with Crippen LogP contribution in [0, 0.1) is 10.1 Å². The van der Waals surface area contributed by atoms with Crippen LogP contribution in [0.1, 0.15) is 10.4 Å². The standard InChI is InChI=1S/C16H14Cl2N2O5/c1-24-8-7-19-12-6-5-10(9-13(12)20(22)23)16(21)25-14-4-2-3-11(17)15(14)18/h2-6,9,19H,7-8H2,1H3. The molecule has 25 heavy (non-hydrogen) atoms. The molecule has 0 aromatic heterocycles. The molecule has 0 atom stereocenters. The van der Waals surface area contributed by atoms with Gasteiger partial charge >= 0.3 is 5.97 Å². The molecule has 0 bridgehead atoms. The Kier molecular flexibility index (Phi) is 6.58. The number of carbonyl (C=O) groups is 1. The average molecular weight is 385 g/mol. The van der Waals surface area contributed by atoms with Crippen molar-refractivity contribution >= 4 is 40.5 Å². The predicted molar refractivity (Wildman–Crippen MR) is 94.9 cm³/mol. The minimum Gasteiger partial charge on any atom is -0.421 e. The fraction of sp³-hybridized carbons (Fsp3) is 0.188. The molecule has 0 heterocycles. The van der Waals surface area contributed by atoms with E-state index in [0.717, 1.165) is 6.07 Å². The Balaban J connectivity index is 2.23. The first kappa shape index (κ1) is 19.0. The van der Waals surface area contributed by atoms with Crippen molar-refractivity contribution in [1.82, 2.24) is 0 Å². The molecule has 0 spiro atoms. The lowest BCUT2D eigenvalue weighted by molar-refractivity contribution is -0.384. The number of hydrogen-bond acceptors (Lipinski definition) is 6. The molecule has 0 saturated heterocycles. The number of benzene rings is 2. The van der Waals surface area contributed by atoms with Gasteiger partial charge in [-0.25, -0.2) is 4.79 Å². The van der Waals surface area contributed by atoms with Gasteiger partial charge in [0.1, 0.15) is 10.7 Å². The summed E-state index contributed by atoms with van der Waals surface area (Å²) in [5, 5.41) is 14.4. The van der Waals surface area contributed by atoms with Gasteiger partial charge in [0, 0.05) is 19.7 Å². The zero-order valence-corrected chi connectivity index (χ0v) is 14.6. The van der Waals surface area contributed by atoms with Crippen LogP contribution in [-0.4, -0.2) is 31.2 Å². The van der Waals surface area contributed by atoms with Gasteiger partial charge in [-0.3, -0.25) is 10.1 Å². The fourth-order valence-corrected chi connectivity index (χ4v) is 2.30. The minimum absolute atomic E-state index is 0.0139. The number of nitrogens with one attached hydrogen (secondary N) is 1. The van der Waals surface area contributed by atoms with Crippen molar-refractivity contribution in [2.75, 3.05) is 25.6 Å². The summed E-state index contributed by atoms with van der Waals surface area (Å²) >= 11 is 11.8. The predicted octanol–water partition coefficient (Wildman–Crippen LogP) is 4.18. The maximum absolute atomic E-state index is 12.2. The first-order valence-electron chi connectivity index (χ1n) is 7.11. The van der Waals surface area contributed by atoms with Gasteiger partial charge in [0.25, 0.3) is 5.69 Å². The van der Waals surface area contributed by atoms with E-state index in [1.54, 1.807) is 12.1 Å². The summed E-state index contributed by atoms with van der Waals surface area (Å²) in [4.78, 5) is 22.9. The van der Waals surface area contributed by atoms with Gasteiger partial charge < -0.3 is 14.8 Å². The molecule has 0 saturated carbocycles. The van der Waals surface area contributed by atoms with Crippen LogP contribution in [0.25, 0.3) is 0 Å². The monoisotopic (exact) mass is 384 g/mol. The summed E-state index contributed by atoms with van der Waals surface area (Å²) in [5.41, 5.74) is 0.0437. The van der Waals surface area contributed by atoms with Crippen LogP contribution in [0.2, 0.25) is 10.0 Å². The molecule has 0 fully saturated rings. The van der Waals surface area contributed by atoms with Gasteiger partial charge in [0.05, 0.1) is 22.1 Å². The van der Waals surface area contributed by atoms with Crippen molar-refractivity contribution in [2.24, 2.45) is 0 Å². The number of anilines is 1. The van der Waals surface area contributed by atoms with Gasteiger partial charge in [-0.15, -0.1) is 0 Å². The highest BCUT2D eigenvalue weighted by Crippen LogP contribution is 2.32. The van der Waals surface area contributed by atoms with E-state index in [0.29, 0.717) is 13.2 Å². The van der Waals surface area contributed by atoms with E-state index in [9.17, 15) is 14.9 Å². The molecular formula is C16H14Cl2N2O5. The SMILES string of the molecule is COCCNc1ccc(C(=O)Oc2cccc(Cl)c2Cl)cc1[N+](=O)[O-]. The van der Waals surface area contributed by atoms with Crippen molar-refractivity contribution in [3.63, 3.8) is 0 Å². The zero-order chi connectivity index (χ0) is 18.4. The van der Waals surface area contributed by atoms with E-state index >= 15 is 0 Å². The number of hydrogen-bond donors (Lipinski definition) is 1. The molecule has 0 unspecified atom stereocenters. The number of rotatable bonds is 7. The van der Waals surface area contributed by atoms with Gasteiger partial charge in [0.15, 0.2) is 5.75 Å². The Bertz CT molecular complexity index is 798. The molecular weight excluding hydrogens is 371 g/mol. The van der Waals surface area contributed by atoms with Crippen LogP contribution in [-0.2, 0) is 4.74 Å². The molecule has 2 aromatic rings. The van der Waals surface area contributed by atoms with Gasteiger partial charge in [-0.2, -0.15) is 0 Å². The molecule has 0 aliphatic rings. The highest BCUT2D eigenvalue weighted by atomic mass is 35.5. The maximum Gasteiger partial charge on any atom is 0.343 e. The van der Waals surface area contributed by atoms with Crippen LogP contribution in [0.5, 0.6) is 5.75 Å². The smallest absolute Gasteiger partial charge is 0.343 e. The number of halogens is 2. The van der Waals surface area contributed by atoms with E-state index in [1.807, 2.05) is 0 Å². The number of esters is 1. The highest BCUT2D eigenvalue weighted by molar-refractivity contribution is 6.43. The van der Waals surface area contributed by atoms with Crippen LogP contribution in [0.15, 0.2) is 36.4 Å². The topological polar surface area (TPSA) is 90.7 Å². The lowest BCUT2D eigenvalue weighted by atomic mass is 10.1. The Labute approximate surface area is 153 Å². The third-order valence-corrected chi connectivity index (χ3v) is 3.97. The molecule has 1 N–H and O–H groups in total. The quantitative estimate of drug-likeness (QED) is 0.253. The Morgan fingerprint density at radius 1 is 1.28 bits per heavy atom. The van der Waals surface area contributed by atoms with Crippen LogP contribution >= 0.6 is 23.2 Å². The molecule has 0 aliphatic carbocycles. The lowest BCUT2D eigenvalue weighted by Crippen LogP contribution is -2.12. The van der Waals surface area contributed by atoms with Crippen molar-refractivity contribution in [3.8, 4) is 5.75 Å². The summed E-state index contributed by atoms with van der Waals surface area (Å²) in [6.07, 6.45) is 0. The van der Waals surface area contributed by atoms with E-state index in [2.05, 4.69) is 5.32 Å². The molecule has 0 aliphatic heterocycles.